The Morgan fingerprint density at radius 1 is 1.23 bits per heavy atom. The van der Waals surface area contributed by atoms with E-state index in [1.165, 1.54) is 10.4 Å². The van der Waals surface area contributed by atoms with Crippen molar-refractivity contribution in [3.05, 3.63) is 36.4 Å². The number of sulfonamides is 1. The van der Waals surface area contributed by atoms with Gasteiger partial charge in [0.1, 0.15) is 22.0 Å². The molecule has 8 nitrogen and oxygen atoms in total. The second-order valence-electron chi connectivity index (χ2n) is 5.82. The van der Waals surface area contributed by atoms with E-state index in [9.17, 15) is 12.8 Å². The van der Waals surface area contributed by atoms with Gasteiger partial charge >= 0.3 is 6.01 Å². The third-order valence-corrected chi connectivity index (χ3v) is 6.52. The van der Waals surface area contributed by atoms with Crippen molar-refractivity contribution in [2.75, 3.05) is 13.1 Å². The average molecular weight is 395 g/mol. The van der Waals surface area contributed by atoms with Crippen molar-refractivity contribution in [3.63, 3.8) is 0 Å². The number of aromatic nitrogens is 4. The summed E-state index contributed by atoms with van der Waals surface area (Å²) in [5.74, 6) is -0.560. The zero-order valence-corrected chi connectivity index (χ0v) is 15.1. The molecule has 3 aromatic rings. The fourth-order valence-electron chi connectivity index (χ4n) is 2.86. The first-order chi connectivity index (χ1) is 12.5. The highest BCUT2D eigenvalue weighted by atomic mass is 32.2. The smallest absolute Gasteiger partial charge is 0.316 e. The molecule has 0 aliphatic carbocycles. The largest absolute Gasteiger partial charge is 0.459 e. The van der Waals surface area contributed by atoms with E-state index in [-0.39, 0.29) is 17.5 Å². The summed E-state index contributed by atoms with van der Waals surface area (Å²) in [6, 6.07) is 4.95. The Hall–Kier alpha value is -2.24. The van der Waals surface area contributed by atoms with Gasteiger partial charge in [0.05, 0.1) is 30.7 Å². The molecule has 1 aromatic carbocycles. The molecule has 1 fully saturated rings. The molecule has 1 saturated heterocycles. The standard InChI is InChI=1S/C15H14FN5O3S2/c16-10-7-17-15(18-8-10)24-11-3-2-6-21(9-11)26(22,23)13-5-1-4-12-14(13)20-25-19-12/h1,4-5,7-8,11H,2-3,6,9H2. The van der Waals surface area contributed by atoms with E-state index in [0.29, 0.717) is 30.4 Å². The minimum absolute atomic E-state index is 0.0291. The van der Waals surface area contributed by atoms with E-state index in [1.807, 2.05) is 0 Å². The first kappa shape index (κ1) is 17.2. The summed E-state index contributed by atoms with van der Waals surface area (Å²) in [5, 5.41) is 0. The molecule has 0 N–H and O–H groups in total. The number of rotatable bonds is 4. The number of halogens is 1. The molecule has 3 heterocycles. The van der Waals surface area contributed by atoms with Gasteiger partial charge in [0.15, 0.2) is 5.82 Å². The van der Waals surface area contributed by atoms with Gasteiger partial charge in [-0.3, -0.25) is 0 Å². The minimum atomic E-state index is -3.73. The van der Waals surface area contributed by atoms with Gasteiger partial charge in [0, 0.05) is 6.54 Å². The normalized spacial score (nSPS) is 18.9. The molecule has 0 bridgehead atoms. The van der Waals surface area contributed by atoms with Crippen molar-refractivity contribution in [3.8, 4) is 6.01 Å². The summed E-state index contributed by atoms with van der Waals surface area (Å²) < 4.78 is 54.2. The lowest BCUT2D eigenvalue weighted by atomic mass is 10.1. The first-order valence-corrected chi connectivity index (χ1v) is 10.1. The Kier molecular flexibility index (Phi) is 4.51. The fourth-order valence-corrected chi connectivity index (χ4v) is 5.12. The molecule has 1 aliphatic heterocycles. The molecule has 0 spiro atoms. The van der Waals surface area contributed by atoms with Gasteiger partial charge in [-0.2, -0.15) is 13.1 Å². The Bertz CT molecular complexity index is 1030. The third kappa shape index (κ3) is 3.24. The summed E-state index contributed by atoms with van der Waals surface area (Å²) in [5.41, 5.74) is 0.933. The number of hydrogen-bond donors (Lipinski definition) is 0. The van der Waals surface area contributed by atoms with Gasteiger partial charge in [-0.15, -0.1) is 0 Å². The van der Waals surface area contributed by atoms with E-state index in [0.717, 1.165) is 24.1 Å². The van der Waals surface area contributed by atoms with Crippen LogP contribution in [0.2, 0.25) is 0 Å². The van der Waals surface area contributed by atoms with E-state index >= 15 is 0 Å². The van der Waals surface area contributed by atoms with Crippen LogP contribution in [0.25, 0.3) is 11.0 Å². The number of piperidine rings is 1. The van der Waals surface area contributed by atoms with Gasteiger partial charge in [-0.05, 0) is 25.0 Å². The van der Waals surface area contributed by atoms with Crippen molar-refractivity contribution in [2.45, 2.75) is 23.8 Å². The first-order valence-electron chi connectivity index (χ1n) is 7.90. The van der Waals surface area contributed by atoms with Crippen LogP contribution in [0.15, 0.2) is 35.5 Å². The summed E-state index contributed by atoms with van der Waals surface area (Å²) in [4.78, 5) is 7.66. The van der Waals surface area contributed by atoms with Gasteiger partial charge in [0.2, 0.25) is 10.0 Å². The van der Waals surface area contributed by atoms with Crippen LogP contribution in [0, 0.1) is 5.82 Å². The van der Waals surface area contributed by atoms with Gasteiger partial charge in [-0.25, -0.2) is 22.8 Å². The molecular weight excluding hydrogens is 381 g/mol. The van der Waals surface area contributed by atoms with Crippen molar-refractivity contribution in [2.24, 2.45) is 0 Å². The van der Waals surface area contributed by atoms with Crippen molar-refractivity contribution in [1.82, 2.24) is 23.0 Å². The zero-order valence-electron chi connectivity index (χ0n) is 13.4. The van der Waals surface area contributed by atoms with Crippen LogP contribution in [0.1, 0.15) is 12.8 Å². The molecular formula is C15H14FN5O3S2. The number of fused-ring (bicyclic) bond motifs is 1. The molecule has 0 radical (unpaired) electrons. The van der Waals surface area contributed by atoms with Crippen molar-refractivity contribution >= 4 is 32.8 Å². The molecule has 136 valence electrons. The fraction of sp³-hybridized carbons (Fsp3) is 0.333. The quantitative estimate of drug-likeness (QED) is 0.665. The molecule has 0 saturated carbocycles. The predicted molar refractivity (Wildman–Crippen MR) is 91.8 cm³/mol. The highest BCUT2D eigenvalue weighted by molar-refractivity contribution is 7.89. The summed E-state index contributed by atoms with van der Waals surface area (Å²) in [7, 11) is -3.73. The maximum absolute atomic E-state index is 13.1. The van der Waals surface area contributed by atoms with Crippen LogP contribution >= 0.6 is 11.7 Å². The molecule has 2 aromatic heterocycles. The minimum Gasteiger partial charge on any atom is -0.459 e. The number of ether oxygens (including phenoxy) is 1. The van der Waals surface area contributed by atoms with Crippen LogP contribution in [0.4, 0.5) is 4.39 Å². The molecule has 26 heavy (non-hydrogen) atoms. The van der Waals surface area contributed by atoms with E-state index in [2.05, 4.69) is 18.7 Å². The Labute approximate surface area is 153 Å². The lowest BCUT2D eigenvalue weighted by Gasteiger charge is -2.31. The van der Waals surface area contributed by atoms with Crippen molar-refractivity contribution in [1.29, 1.82) is 0 Å². The van der Waals surface area contributed by atoms with Gasteiger partial charge in [0.25, 0.3) is 0 Å². The Morgan fingerprint density at radius 3 is 2.85 bits per heavy atom. The Balaban J connectivity index is 1.57. The van der Waals surface area contributed by atoms with Crippen LogP contribution in [0.5, 0.6) is 6.01 Å². The van der Waals surface area contributed by atoms with E-state index in [1.54, 1.807) is 12.1 Å². The van der Waals surface area contributed by atoms with Gasteiger partial charge < -0.3 is 4.74 Å². The number of hydrogen-bond acceptors (Lipinski definition) is 8. The number of nitrogens with zero attached hydrogens (tertiary/aromatic N) is 5. The molecule has 1 atom stereocenters. The van der Waals surface area contributed by atoms with Crippen LogP contribution < -0.4 is 4.74 Å². The third-order valence-electron chi connectivity index (χ3n) is 4.08. The highest BCUT2D eigenvalue weighted by Gasteiger charge is 2.33. The lowest BCUT2D eigenvalue weighted by molar-refractivity contribution is 0.119. The van der Waals surface area contributed by atoms with Crippen LogP contribution in [-0.4, -0.2) is 50.6 Å². The summed E-state index contributed by atoms with van der Waals surface area (Å²) in [6.07, 6.45) is 2.91. The number of benzene rings is 1. The SMILES string of the molecule is O=S(=O)(c1cccc2nsnc12)N1CCCC(Oc2ncc(F)cn2)C1. The molecule has 1 unspecified atom stereocenters. The summed E-state index contributed by atoms with van der Waals surface area (Å²) >= 11 is 0.978. The predicted octanol–water partition coefficient (Wildman–Crippen LogP) is 1.85. The zero-order chi connectivity index (χ0) is 18.1. The van der Waals surface area contributed by atoms with E-state index < -0.39 is 21.9 Å². The molecule has 1 aliphatic rings. The average Bonchev–Trinajstić information content (AvgIpc) is 3.12. The molecule has 4 rings (SSSR count). The Morgan fingerprint density at radius 2 is 2.04 bits per heavy atom. The second kappa shape index (κ2) is 6.82. The topological polar surface area (TPSA) is 98.2 Å². The van der Waals surface area contributed by atoms with Crippen molar-refractivity contribution < 1.29 is 17.5 Å². The van der Waals surface area contributed by atoms with E-state index in [4.69, 9.17) is 4.74 Å². The maximum Gasteiger partial charge on any atom is 0.316 e. The van der Waals surface area contributed by atoms with Crippen LogP contribution in [0.3, 0.4) is 0 Å². The van der Waals surface area contributed by atoms with Crippen LogP contribution in [-0.2, 0) is 10.0 Å². The lowest BCUT2D eigenvalue weighted by Crippen LogP contribution is -2.44. The van der Waals surface area contributed by atoms with Gasteiger partial charge in [-0.1, -0.05) is 6.07 Å². The molecule has 0 amide bonds. The second-order valence-corrected chi connectivity index (χ2v) is 8.25. The molecule has 11 heteroatoms. The maximum atomic E-state index is 13.1. The highest BCUT2D eigenvalue weighted by Crippen LogP contribution is 2.27. The monoisotopic (exact) mass is 395 g/mol. The summed E-state index contributed by atoms with van der Waals surface area (Å²) in [6.45, 7) is 0.553.